The first-order chi connectivity index (χ1) is 12.4. The summed E-state index contributed by atoms with van der Waals surface area (Å²) in [4.78, 5) is 14.7. The van der Waals surface area contributed by atoms with Crippen molar-refractivity contribution >= 4 is 17.7 Å². The maximum atomic E-state index is 10.7. The molecule has 0 saturated carbocycles. The molecule has 0 aliphatic carbocycles. The van der Waals surface area contributed by atoms with Gasteiger partial charge in [-0.25, -0.2) is 0 Å². The molecule has 140 valence electrons. The molecule has 2 rings (SSSR count). The number of ether oxygens (including phenoxy) is 1. The third kappa shape index (κ3) is 7.10. The van der Waals surface area contributed by atoms with Gasteiger partial charge in [0.05, 0.1) is 11.4 Å². The van der Waals surface area contributed by atoms with Gasteiger partial charge in [-0.15, -0.1) is 0 Å². The Hall–Kier alpha value is -1.98. The van der Waals surface area contributed by atoms with Gasteiger partial charge < -0.3 is 9.84 Å². The van der Waals surface area contributed by atoms with Crippen LogP contribution in [0.15, 0.2) is 58.3 Å². The largest absolute Gasteiger partial charge is 0.491 e. The highest BCUT2D eigenvalue weighted by Crippen LogP contribution is 2.35. The predicted octanol–water partition coefficient (Wildman–Crippen LogP) is 4.43. The van der Waals surface area contributed by atoms with E-state index in [0.29, 0.717) is 19.1 Å². The van der Waals surface area contributed by atoms with Crippen LogP contribution in [0.25, 0.3) is 0 Å². The number of likely N-dealkylation sites (N-methyl/N-ethyl adjacent to an activating group) is 1. The fourth-order valence-corrected chi connectivity index (χ4v) is 3.47. The Morgan fingerprint density at radius 3 is 2.50 bits per heavy atom. The number of carbonyl (C=O) groups is 1. The number of para-hydroxylation sites is 1. The highest BCUT2D eigenvalue weighted by Gasteiger charge is 2.08. The second kappa shape index (κ2) is 10.2. The fourth-order valence-electron chi connectivity index (χ4n) is 2.57. The number of benzene rings is 2. The number of hydrogen-bond acceptors (Lipinski definition) is 4. The van der Waals surface area contributed by atoms with Crippen LogP contribution in [0.5, 0.6) is 5.75 Å². The van der Waals surface area contributed by atoms with E-state index in [-0.39, 0.29) is 6.54 Å². The molecule has 0 fully saturated rings. The minimum Gasteiger partial charge on any atom is -0.491 e. The molecule has 2 aromatic rings. The van der Waals surface area contributed by atoms with Crippen molar-refractivity contribution in [3.63, 3.8) is 0 Å². The minimum atomic E-state index is -0.829. The van der Waals surface area contributed by atoms with Gasteiger partial charge in [0.2, 0.25) is 0 Å². The van der Waals surface area contributed by atoms with Crippen molar-refractivity contribution in [1.82, 2.24) is 4.90 Å². The van der Waals surface area contributed by atoms with Crippen LogP contribution in [0, 0.1) is 5.92 Å². The summed E-state index contributed by atoms with van der Waals surface area (Å²) in [7, 11) is 1.77. The highest BCUT2D eigenvalue weighted by molar-refractivity contribution is 7.99. The zero-order chi connectivity index (χ0) is 18.9. The number of carboxylic acids is 1. The van der Waals surface area contributed by atoms with E-state index in [1.807, 2.05) is 24.3 Å². The van der Waals surface area contributed by atoms with Gasteiger partial charge in [0.15, 0.2) is 0 Å². The Bertz CT molecular complexity index is 701. The smallest absolute Gasteiger partial charge is 0.317 e. The summed E-state index contributed by atoms with van der Waals surface area (Å²) in [6, 6.07) is 16.6. The lowest BCUT2D eigenvalue weighted by atomic mass is 10.0. The predicted molar refractivity (Wildman–Crippen MR) is 106 cm³/mol. The number of hydrogen-bond donors (Lipinski definition) is 1. The van der Waals surface area contributed by atoms with Gasteiger partial charge in [0.1, 0.15) is 12.4 Å². The van der Waals surface area contributed by atoms with Crippen molar-refractivity contribution in [2.24, 2.45) is 5.92 Å². The van der Waals surface area contributed by atoms with Crippen molar-refractivity contribution in [3.05, 3.63) is 54.1 Å². The summed E-state index contributed by atoms with van der Waals surface area (Å²) in [5, 5.41) is 8.79. The quantitative estimate of drug-likeness (QED) is 0.667. The minimum absolute atomic E-state index is 0.0164. The van der Waals surface area contributed by atoms with E-state index >= 15 is 0 Å². The molecule has 1 N–H and O–H groups in total. The molecule has 0 saturated heterocycles. The molecule has 4 nitrogen and oxygen atoms in total. The van der Waals surface area contributed by atoms with Crippen molar-refractivity contribution in [3.8, 4) is 5.75 Å². The first-order valence-corrected chi connectivity index (χ1v) is 9.64. The SMILES string of the molecule is CC(C)Cc1ccc(Sc2ccccc2OCCN(C)CC(=O)O)cc1. The van der Waals surface area contributed by atoms with Crippen LogP contribution in [-0.4, -0.2) is 42.7 Å². The molecule has 0 radical (unpaired) electrons. The van der Waals surface area contributed by atoms with E-state index in [4.69, 9.17) is 9.84 Å². The lowest BCUT2D eigenvalue weighted by Gasteiger charge is -2.16. The zero-order valence-corrected chi connectivity index (χ0v) is 16.5. The van der Waals surface area contributed by atoms with Gasteiger partial charge in [-0.3, -0.25) is 9.69 Å². The molecule has 0 unspecified atom stereocenters. The Labute approximate surface area is 160 Å². The average Bonchev–Trinajstić information content (AvgIpc) is 2.57. The normalized spacial score (nSPS) is 11.1. The number of nitrogens with zero attached hydrogens (tertiary/aromatic N) is 1. The lowest BCUT2D eigenvalue weighted by molar-refractivity contribution is -0.138. The molecule has 0 aromatic heterocycles. The molecule has 0 aliphatic rings. The second-order valence-electron chi connectivity index (χ2n) is 6.77. The topological polar surface area (TPSA) is 49.8 Å². The molecule has 0 heterocycles. The molecule has 0 bridgehead atoms. The van der Waals surface area contributed by atoms with Crippen LogP contribution in [0.4, 0.5) is 0 Å². The first kappa shape index (κ1) is 20.3. The summed E-state index contributed by atoms with van der Waals surface area (Å²) in [6.45, 7) is 5.49. The third-order valence-corrected chi connectivity index (χ3v) is 4.85. The van der Waals surface area contributed by atoms with E-state index < -0.39 is 5.97 Å². The Balaban J connectivity index is 1.94. The van der Waals surface area contributed by atoms with Crippen LogP contribution in [0.2, 0.25) is 0 Å². The Morgan fingerprint density at radius 2 is 1.85 bits per heavy atom. The van der Waals surface area contributed by atoms with Crippen LogP contribution < -0.4 is 4.74 Å². The summed E-state index contributed by atoms with van der Waals surface area (Å²) in [6.07, 6.45) is 1.09. The summed E-state index contributed by atoms with van der Waals surface area (Å²) >= 11 is 1.68. The Kier molecular flexibility index (Phi) is 8.01. The van der Waals surface area contributed by atoms with E-state index in [1.165, 1.54) is 10.5 Å². The van der Waals surface area contributed by atoms with Crippen LogP contribution >= 0.6 is 11.8 Å². The molecule has 0 amide bonds. The standard InChI is InChI=1S/C21H27NO3S/c1-16(2)14-17-8-10-18(11-9-17)26-20-7-5-4-6-19(20)25-13-12-22(3)15-21(23)24/h4-11,16H,12-15H2,1-3H3,(H,23,24). The molecular formula is C21H27NO3S. The summed E-state index contributed by atoms with van der Waals surface area (Å²) in [5.74, 6) is 0.652. The maximum Gasteiger partial charge on any atom is 0.317 e. The van der Waals surface area contributed by atoms with Crippen LogP contribution in [-0.2, 0) is 11.2 Å². The molecule has 5 heteroatoms. The Morgan fingerprint density at radius 1 is 1.15 bits per heavy atom. The van der Waals surface area contributed by atoms with Gasteiger partial charge in [0.25, 0.3) is 0 Å². The van der Waals surface area contributed by atoms with Crippen molar-refractivity contribution in [1.29, 1.82) is 0 Å². The number of rotatable bonds is 10. The second-order valence-corrected chi connectivity index (χ2v) is 7.89. The molecule has 26 heavy (non-hydrogen) atoms. The molecule has 2 aromatic carbocycles. The van der Waals surface area contributed by atoms with Gasteiger partial charge in [-0.1, -0.05) is 49.9 Å². The number of carboxylic acid groups (broad SMARTS) is 1. The average molecular weight is 374 g/mol. The fraction of sp³-hybridized carbons (Fsp3) is 0.381. The van der Waals surface area contributed by atoms with Gasteiger partial charge >= 0.3 is 5.97 Å². The van der Waals surface area contributed by atoms with E-state index in [0.717, 1.165) is 17.1 Å². The molecule has 0 spiro atoms. The maximum absolute atomic E-state index is 10.7. The first-order valence-electron chi connectivity index (χ1n) is 8.83. The van der Waals surface area contributed by atoms with E-state index in [1.54, 1.807) is 23.7 Å². The van der Waals surface area contributed by atoms with Gasteiger partial charge in [-0.05, 0) is 49.2 Å². The third-order valence-electron chi connectivity index (χ3n) is 3.78. The zero-order valence-electron chi connectivity index (χ0n) is 15.6. The summed E-state index contributed by atoms with van der Waals surface area (Å²) in [5.41, 5.74) is 1.36. The van der Waals surface area contributed by atoms with Gasteiger partial charge in [-0.2, -0.15) is 0 Å². The highest BCUT2D eigenvalue weighted by atomic mass is 32.2. The number of aliphatic carboxylic acids is 1. The van der Waals surface area contributed by atoms with Crippen molar-refractivity contribution < 1.29 is 14.6 Å². The molecule has 0 aliphatic heterocycles. The molecular weight excluding hydrogens is 346 g/mol. The van der Waals surface area contributed by atoms with Gasteiger partial charge in [0, 0.05) is 11.4 Å². The van der Waals surface area contributed by atoms with Crippen molar-refractivity contribution in [2.45, 2.75) is 30.1 Å². The summed E-state index contributed by atoms with van der Waals surface area (Å²) < 4.78 is 5.88. The van der Waals surface area contributed by atoms with E-state index in [9.17, 15) is 4.79 Å². The van der Waals surface area contributed by atoms with Crippen LogP contribution in [0.3, 0.4) is 0 Å². The monoisotopic (exact) mass is 373 g/mol. The van der Waals surface area contributed by atoms with E-state index in [2.05, 4.69) is 38.1 Å². The van der Waals surface area contributed by atoms with Crippen molar-refractivity contribution in [2.75, 3.05) is 26.7 Å². The lowest BCUT2D eigenvalue weighted by Crippen LogP contribution is -2.29. The van der Waals surface area contributed by atoms with Crippen LogP contribution in [0.1, 0.15) is 19.4 Å². The molecule has 0 atom stereocenters.